The molecule has 20 heavy (non-hydrogen) atoms. The van der Waals surface area contributed by atoms with E-state index >= 15 is 0 Å². The molecule has 2 aliphatic heterocycles. The molecule has 3 rings (SSSR count). The number of nitrogens with zero attached hydrogens (tertiary/aromatic N) is 1. The molecule has 1 atom stereocenters. The minimum Gasteiger partial charge on any atom is -0.348 e. The van der Waals surface area contributed by atoms with Crippen molar-refractivity contribution in [3.05, 3.63) is 34.3 Å². The molecule has 2 saturated heterocycles. The third kappa shape index (κ3) is 2.90. The normalized spacial score (nSPS) is 24.1. The predicted molar refractivity (Wildman–Crippen MR) is 78.5 cm³/mol. The molecule has 0 bridgehead atoms. The molecular formula is C15H18BrNO3. The summed E-state index contributed by atoms with van der Waals surface area (Å²) < 4.78 is 12.2. The Morgan fingerprint density at radius 2 is 1.85 bits per heavy atom. The van der Waals surface area contributed by atoms with E-state index in [4.69, 9.17) is 9.47 Å². The number of halogens is 1. The lowest BCUT2D eigenvalue weighted by Gasteiger charge is -2.38. The van der Waals surface area contributed by atoms with Gasteiger partial charge in [-0.1, -0.05) is 15.9 Å². The summed E-state index contributed by atoms with van der Waals surface area (Å²) in [5.41, 5.74) is 0.720. The number of rotatable bonds is 2. The summed E-state index contributed by atoms with van der Waals surface area (Å²) in [7, 11) is 0. The van der Waals surface area contributed by atoms with Crippen LogP contribution in [0.15, 0.2) is 28.7 Å². The average Bonchev–Trinajstić information content (AvgIpc) is 3.01. The monoisotopic (exact) mass is 339 g/mol. The number of carbonyl (C=O) groups excluding carboxylic acids is 1. The number of benzene rings is 1. The molecule has 2 heterocycles. The van der Waals surface area contributed by atoms with Gasteiger partial charge in [0.05, 0.1) is 19.3 Å². The van der Waals surface area contributed by atoms with E-state index in [1.165, 1.54) is 0 Å². The fourth-order valence-electron chi connectivity index (χ4n) is 2.85. The summed E-state index contributed by atoms with van der Waals surface area (Å²) in [5, 5.41) is 0. The van der Waals surface area contributed by atoms with E-state index in [0.717, 1.165) is 35.8 Å². The molecule has 0 N–H and O–H groups in total. The van der Waals surface area contributed by atoms with E-state index in [1.807, 2.05) is 29.2 Å². The highest BCUT2D eigenvalue weighted by atomic mass is 79.9. The second kappa shape index (κ2) is 6.24. The Hall–Kier alpha value is -0.910. The van der Waals surface area contributed by atoms with Crippen molar-refractivity contribution in [1.29, 1.82) is 0 Å². The second-order valence-electron chi connectivity index (χ2n) is 5.18. The number of amides is 1. The number of ether oxygens (including phenoxy) is 2. The first kappa shape index (κ1) is 14.0. The van der Waals surface area contributed by atoms with Gasteiger partial charge in [0, 0.05) is 16.6 Å². The molecule has 4 nitrogen and oxygen atoms in total. The van der Waals surface area contributed by atoms with Gasteiger partial charge in [-0.15, -0.1) is 0 Å². The van der Waals surface area contributed by atoms with Crippen LogP contribution in [0.4, 0.5) is 0 Å². The van der Waals surface area contributed by atoms with Crippen molar-refractivity contribution < 1.29 is 14.3 Å². The van der Waals surface area contributed by atoms with Crippen LogP contribution in [0.25, 0.3) is 0 Å². The van der Waals surface area contributed by atoms with Crippen molar-refractivity contribution >= 4 is 21.8 Å². The summed E-state index contributed by atoms with van der Waals surface area (Å²) in [4.78, 5) is 14.6. The lowest BCUT2D eigenvalue weighted by molar-refractivity contribution is -0.100. The third-order valence-corrected chi connectivity index (χ3v) is 4.39. The second-order valence-corrected chi connectivity index (χ2v) is 6.09. The van der Waals surface area contributed by atoms with Crippen LogP contribution in [0.5, 0.6) is 0 Å². The fourth-order valence-corrected chi connectivity index (χ4v) is 3.11. The number of hydrogen-bond donors (Lipinski definition) is 0. The molecule has 0 aromatic heterocycles. The minimum atomic E-state index is -0.255. The summed E-state index contributed by atoms with van der Waals surface area (Å²) in [6, 6.07) is 7.55. The van der Waals surface area contributed by atoms with Crippen LogP contribution < -0.4 is 0 Å². The van der Waals surface area contributed by atoms with E-state index in [2.05, 4.69) is 15.9 Å². The van der Waals surface area contributed by atoms with Crippen molar-refractivity contribution in [2.45, 2.75) is 31.6 Å². The van der Waals surface area contributed by atoms with Crippen LogP contribution >= 0.6 is 15.9 Å². The molecule has 0 unspecified atom stereocenters. The highest BCUT2D eigenvalue weighted by molar-refractivity contribution is 9.10. The van der Waals surface area contributed by atoms with Gasteiger partial charge < -0.3 is 14.4 Å². The summed E-state index contributed by atoms with van der Waals surface area (Å²) in [6.07, 6.45) is 2.87. The first-order valence-electron chi connectivity index (χ1n) is 7.05. The van der Waals surface area contributed by atoms with Gasteiger partial charge in [-0.25, -0.2) is 0 Å². The fraction of sp³-hybridized carbons (Fsp3) is 0.533. The average molecular weight is 340 g/mol. The molecule has 1 amide bonds. The van der Waals surface area contributed by atoms with Crippen molar-refractivity contribution in [3.8, 4) is 0 Å². The number of piperidine rings is 1. The maximum absolute atomic E-state index is 12.7. The van der Waals surface area contributed by atoms with Crippen LogP contribution in [0.2, 0.25) is 0 Å². The molecule has 108 valence electrons. The molecule has 0 spiro atoms. The van der Waals surface area contributed by atoms with Gasteiger partial charge in [0.2, 0.25) is 0 Å². The Bertz CT molecular complexity index is 471. The Morgan fingerprint density at radius 3 is 2.55 bits per heavy atom. The van der Waals surface area contributed by atoms with Gasteiger partial charge in [0.25, 0.3) is 5.91 Å². The number of carbonyl (C=O) groups is 1. The van der Waals surface area contributed by atoms with E-state index in [-0.39, 0.29) is 18.2 Å². The largest absolute Gasteiger partial charge is 0.348 e. The molecule has 1 aromatic rings. The van der Waals surface area contributed by atoms with E-state index < -0.39 is 0 Å². The molecule has 2 aliphatic rings. The molecular weight excluding hydrogens is 322 g/mol. The molecule has 0 saturated carbocycles. The summed E-state index contributed by atoms with van der Waals surface area (Å²) >= 11 is 3.39. The Balaban J connectivity index is 1.78. The van der Waals surface area contributed by atoms with Gasteiger partial charge in [0.15, 0.2) is 6.29 Å². The highest BCUT2D eigenvalue weighted by Crippen LogP contribution is 2.26. The zero-order chi connectivity index (χ0) is 13.9. The lowest BCUT2D eigenvalue weighted by Crippen LogP contribution is -2.50. The van der Waals surface area contributed by atoms with Gasteiger partial charge in [0.1, 0.15) is 0 Å². The van der Waals surface area contributed by atoms with Crippen LogP contribution in [0.1, 0.15) is 29.6 Å². The maximum atomic E-state index is 12.7. The van der Waals surface area contributed by atoms with Crippen molar-refractivity contribution in [2.24, 2.45) is 0 Å². The highest BCUT2D eigenvalue weighted by Gasteiger charge is 2.36. The van der Waals surface area contributed by atoms with Crippen molar-refractivity contribution in [1.82, 2.24) is 4.90 Å². The molecule has 5 heteroatoms. The van der Waals surface area contributed by atoms with Gasteiger partial charge in [-0.05, 0) is 43.5 Å². The minimum absolute atomic E-state index is 0.0439. The number of likely N-dealkylation sites (tertiary alicyclic amines) is 1. The Morgan fingerprint density at radius 1 is 1.15 bits per heavy atom. The zero-order valence-corrected chi connectivity index (χ0v) is 12.8. The van der Waals surface area contributed by atoms with E-state index in [1.54, 1.807) is 0 Å². The van der Waals surface area contributed by atoms with Gasteiger partial charge >= 0.3 is 0 Å². The van der Waals surface area contributed by atoms with Gasteiger partial charge in [-0.3, -0.25) is 4.79 Å². The Labute approximate surface area is 127 Å². The number of hydrogen-bond acceptors (Lipinski definition) is 3. The van der Waals surface area contributed by atoms with Crippen molar-refractivity contribution in [2.75, 3.05) is 19.8 Å². The van der Waals surface area contributed by atoms with Crippen LogP contribution in [-0.4, -0.2) is 42.9 Å². The zero-order valence-electron chi connectivity index (χ0n) is 11.3. The summed E-state index contributed by atoms with van der Waals surface area (Å²) in [6.45, 7) is 2.03. The van der Waals surface area contributed by atoms with Crippen LogP contribution in [0, 0.1) is 0 Å². The molecule has 2 fully saturated rings. The van der Waals surface area contributed by atoms with Crippen LogP contribution in [-0.2, 0) is 9.47 Å². The van der Waals surface area contributed by atoms with Crippen LogP contribution in [0.3, 0.4) is 0 Å². The standard InChI is InChI=1S/C15H18BrNO3/c16-12-6-4-11(5-7-12)14(18)17-8-2-1-3-13(17)15-19-9-10-20-15/h4-7,13,15H,1-3,8-10H2/t13-/m1/s1. The SMILES string of the molecule is O=C(c1ccc(Br)cc1)N1CCCC[C@@H]1C1OCCO1. The summed E-state index contributed by atoms with van der Waals surface area (Å²) in [5.74, 6) is 0.0706. The third-order valence-electron chi connectivity index (χ3n) is 3.86. The molecule has 0 radical (unpaired) electrons. The molecule has 1 aromatic carbocycles. The lowest BCUT2D eigenvalue weighted by atomic mass is 10.00. The topological polar surface area (TPSA) is 38.8 Å². The molecule has 0 aliphatic carbocycles. The first-order chi connectivity index (χ1) is 9.75. The maximum Gasteiger partial charge on any atom is 0.254 e. The first-order valence-corrected chi connectivity index (χ1v) is 7.85. The quantitative estimate of drug-likeness (QED) is 0.831. The smallest absolute Gasteiger partial charge is 0.254 e. The van der Waals surface area contributed by atoms with Crippen molar-refractivity contribution in [3.63, 3.8) is 0 Å². The van der Waals surface area contributed by atoms with E-state index in [0.29, 0.717) is 13.2 Å². The Kier molecular flexibility index (Phi) is 4.38. The van der Waals surface area contributed by atoms with Gasteiger partial charge in [-0.2, -0.15) is 0 Å². The van der Waals surface area contributed by atoms with E-state index in [9.17, 15) is 4.79 Å². The predicted octanol–water partition coefficient (Wildman–Crippen LogP) is 2.82.